The summed E-state index contributed by atoms with van der Waals surface area (Å²) in [5.74, 6) is -0.210. The Morgan fingerprint density at radius 1 is 1.69 bits per heavy atom. The number of hydrogen-bond acceptors (Lipinski definition) is 4. The maximum Gasteiger partial charge on any atom is 0.246 e. The molecule has 0 bridgehead atoms. The van der Waals surface area contributed by atoms with Gasteiger partial charge in [-0.3, -0.25) is 4.79 Å². The van der Waals surface area contributed by atoms with E-state index in [0.29, 0.717) is 6.61 Å². The van der Waals surface area contributed by atoms with Crippen molar-refractivity contribution in [3.8, 4) is 0 Å². The summed E-state index contributed by atoms with van der Waals surface area (Å²) >= 11 is 1.47. The first-order chi connectivity index (χ1) is 7.56. The molecular formula is C11H17NO3S. The monoisotopic (exact) mass is 243 g/mol. The third kappa shape index (κ3) is 3.92. The van der Waals surface area contributed by atoms with Crippen LogP contribution in [-0.4, -0.2) is 30.8 Å². The van der Waals surface area contributed by atoms with Gasteiger partial charge in [0.05, 0.1) is 6.54 Å². The van der Waals surface area contributed by atoms with E-state index < -0.39 is 5.60 Å². The van der Waals surface area contributed by atoms with Crippen LogP contribution in [0.25, 0.3) is 0 Å². The number of aliphatic hydroxyl groups is 1. The van der Waals surface area contributed by atoms with Crippen molar-refractivity contribution in [2.75, 3.05) is 19.8 Å². The molecule has 90 valence electrons. The van der Waals surface area contributed by atoms with Crippen molar-refractivity contribution >= 4 is 17.2 Å². The molecule has 1 atom stereocenters. The van der Waals surface area contributed by atoms with Crippen LogP contribution in [0.15, 0.2) is 17.5 Å². The molecule has 0 aliphatic carbocycles. The Morgan fingerprint density at radius 3 is 3.00 bits per heavy atom. The van der Waals surface area contributed by atoms with E-state index in [-0.39, 0.29) is 19.1 Å². The molecule has 1 heterocycles. The van der Waals surface area contributed by atoms with Gasteiger partial charge in [0.1, 0.15) is 12.2 Å². The molecule has 0 saturated carbocycles. The van der Waals surface area contributed by atoms with Gasteiger partial charge in [-0.05, 0) is 25.3 Å². The van der Waals surface area contributed by atoms with Crippen LogP contribution >= 0.6 is 11.3 Å². The van der Waals surface area contributed by atoms with Crippen LogP contribution < -0.4 is 5.32 Å². The zero-order valence-corrected chi connectivity index (χ0v) is 10.3. The van der Waals surface area contributed by atoms with Gasteiger partial charge in [0.25, 0.3) is 0 Å². The number of ether oxygens (including phenoxy) is 1. The molecule has 2 N–H and O–H groups in total. The predicted molar refractivity (Wildman–Crippen MR) is 63.4 cm³/mol. The minimum atomic E-state index is -1.02. The molecule has 4 nitrogen and oxygen atoms in total. The first-order valence-corrected chi connectivity index (χ1v) is 6.05. The standard InChI is InChI=1S/C11H17NO3S/c1-3-15-7-10(13)12-8-11(2,14)9-5-4-6-16-9/h4-6,14H,3,7-8H2,1-2H3,(H,12,13)/t11-/m0/s1. The Morgan fingerprint density at radius 2 is 2.44 bits per heavy atom. The second-order valence-corrected chi connectivity index (χ2v) is 4.61. The highest BCUT2D eigenvalue weighted by Gasteiger charge is 2.24. The maximum absolute atomic E-state index is 11.3. The van der Waals surface area contributed by atoms with Crippen LogP contribution in [0.4, 0.5) is 0 Å². The fourth-order valence-corrected chi connectivity index (χ4v) is 1.98. The fraction of sp³-hybridized carbons (Fsp3) is 0.545. The quantitative estimate of drug-likeness (QED) is 0.787. The molecule has 0 spiro atoms. The predicted octanol–water partition coefficient (Wildman–Crippen LogP) is 1.11. The SMILES string of the molecule is CCOCC(=O)NC[C@](C)(O)c1cccs1. The van der Waals surface area contributed by atoms with Crippen molar-refractivity contribution < 1.29 is 14.6 Å². The van der Waals surface area contributed by atoms with Crippen LogP contribution in [0, 0.1) is 0 Å². The third-order valence-corrected chi connectivity index (χ3v) is 3.24. The van der Waals surface area contributed by atoms with Crippen molar-refractivity contribution in [2.24, 2.45) is 0 Å². The number of carbonyl (C=O) groups excluding carboxylic acids is 1. The van der Waals surface area contributed by atoms with Gasteiger partial charge in [0, 0.05) is 11.5 Å². The minimum Gasteiger partial charge on any atom is -0.383 e. The first-order valence-electron chi connectivity index (χ1n) is 5.17. The smallest absolute Gasteiger partial charge is 0.246 e. The molecule has 0 aliphatic rings. The molecular weight excluding hydrogens is 226 g/mol. The van der Waals surface area contributed by atoms with Gasteiger partial charge < -0.3 is 15.2 Å². The molecule has 0 unspecified atom stereocenters. The first kappa shape index (κ1) is 13.2. The lowest BCUT2D eigenvalue weighted by atomic mass is 10.1. The van der Waals surface area contributed by atoms with Crippen LogP contribution in [0.5, 0.6) is 0 Å². The maximum atomic E-state index is 11.3. The summed E-state index contributed by atoms with van der Waals surface area (Å²) in [5, 5.41) is 14.6. The molecule has 0 aliphatic heterocycles. The average Bonchev–Trinajstić information content (AvgIpc) is 2.77. The molecule has 5 heteroatoms. The molecule has 1 rings (SSSR count). The molecule has 16 heavy (non-hydrogen) atoms. The molecule has 1 aromatic heterocycles. The molecule has 0 radical (unpaired) electrons. The Labute approximate surface area is 99.2 Å². The van der Waals surface area contributed by atoms with Crippen LogP contribution in [0.2, 0.25) is 0 Å². The second-order valence-electron chi connectivity index (χ2n) is 3.67. The van der Waals surface area contributed by atoms with E-state index in [2.05, 4.69) is 5.32 Å². The van der Waals surface area contributed by atoms with Crippen molar-refractivity contribution in [1.82, 2.24) is 5.32 Å². The van der Waals surface area contributed by atoms with Crippen molar-refractivity contribution in [1.29, 1.82) is 0 Å². The Balaban J connectivity index is 2.39. The number of carbonyl (C=O) groups is 1. The third-order valence-electron chi connectivity index (χ3n) is 2.12. The highest BCUT2D eigenvalue weighted by Crippen LogP contribution is 2.24. The van der Waals surface area contributed by atoms with Gasteiger partial charge >= 0.3 is 0 Å². The summed E-state index contributed by atoms with van der Waals surface area (Å²) in [7, 11) is 0. The molecule has 0 saturated heterocycles. The largest absolute Gasteiger partial charge is 0.383 e. The lowest BCUT2D eigenvalue weighted by Crippen LogP contribution is -2.39. The van der Waals surface area contributed by atoms with Gasteiger partial charge in [0.2, 0.25) is 5.91 Å². The second kappa shape index (κ2) is 5.98. The highest BCUT2D eigenvalue weighted by molar-refractivity contribution is 7.10. The van der Waals surface area contributed by atoms with Crippen LogP contribution in [0.1, 0.15) is 18.7 Å². The van der Waals surface area contributed by atoms with Gasteiger partial charge in [-0.2, -0.15) is 0 Å². The fourth-order valence-electron chi connectivity index (χ4n) is 1.19. The summed E-state index contributed by atoms with van der Waals surface area (Å²) in [5.41, 5.74) is -1.02. The topological polar surface area (TPSA) is 58.6 Å². The van der Waals surface area contributed by atoms with Gasteiger partial charge in [-0.15, -0.1) is 11.3 Å². The summed E-state index contributed by atoms with van der Waals surface area (Å²) in [6, 6.07) is 3.72. The van der Waals surface area contributed by atoms with E-state index in [0.717, 1.165) is 4.88 Å². The van der Waals surface area contributed by atoms with Crippen molar-refractivity contribution in [2.45, 2.75) is 19.4 Å². The Bertz CT molecular complexity index is 322. The van der Waals surface area contributed by atoms with E-state index in [4.69, 9.17) is 4.74 Å². The lowest BCUT2D eigenvalue weighted by Gasteiger charge is -2.22. The number of nitrogens with one attached hydrogen (secondary N) is 1. The number of amides is 1. The normalized spacial score (nSPS) is 14.4. The van der Waals surface area contributed by atoms with Gasteiger partial charge in [-0.25, -0.2) is 0 Å². The number of thiophene rings is 1. The number of hydrogen-bond donors (Lipinski definition) is 2. The molecule has 0 aromatic carbocycles. The van der Waals surface area contributed by atoms with Crippen LogP contribution in [0.3, 0.4) is 0 Å². The van der Waals surface area contributed by atoms with E-state index in [1.165, 1.54) is 11.3 Å². The molecule has 1 aromatic rings. The van der Waals surface area contributed by atoms with Crippen molar-refractivity contribution in [3.63, 3.8) is 0 Å². The Kier molecular flexibility index (Phi) is 4.92. The van der Waals surface area contributed by atoms with E-state index in [1.54, 1.807) is 6.92 Å². The molecule has 0 fully saturated rings. The van der Waals surface area contributed by atoms with Gasteiger partial charge in [-0.1, -0.05) is 6.07 Å². The van der Waals surface area contributed by atoms with Crippen molar-refractivity contribution in [3.05, 3.63) is 22.4 Å². The lowest BCUT2D eigenvalue weighted by molar-refractivity contribution is -0.126. The summed E-state index contributed by atoms with van der Waals surface area (Å²) in [6.45, 7) is 4.25. The zero-order chi connectivity index (χ0) is 12.0. The average molecular weight is 243 g/mol. The summed E-state index contributed by atoms with van der Waals surface area (Å²) in [4.78, 5) is 12.1. The van der Waals surface area contributed by atoms with Gasteiger partial charge in [0.15, 0.2) is 0 Å². The Hall–Kier alpha value is -0.910. The van der Waals surface area contributed by atoms with E-state index in [9.17, 15) is 9.90 Å². The number of rotatable bonds is 6. The van der Waals surface area contributed by atoms with E-state index in [1.807, 2.05) is 24.4 Å². The summed E-state index contributed by atoms with van der Waals surface area (Å²) in [6.07, 6.45) is 0. The molecule has 1 amide bonds. The minimum absolute atomic E-state index is 0.0387. The zero-order valence-electron chi connectivity index (χ0n) is 9.53. The van der Waals surface area contributed by atoms with Crippen LogP contribution in [-0.2, 0) is 15.1 Å². The van der Waals surface area contributed by atoms with E-state index >= 15 is 0 Å². The summed E-state index contributed by atoms with van der Waals surface area (Å²) < 4.78 is 4.96. The highest BCUT2D eigenvalue weighted by atomic mass is 32.1.